The summed E-state index contributed by atoms with van der Waals surface area (Å²) in [5.74, 6) is 0.788. The molecule has 0 saturated heterocycles. The fourth-order valence-electron chi connectivity index (χ4n) is 3.17. The molecule has 0 N–H and O–H groups in total. The van der Waals surface area contributed by atoms with E-state index in [1.165, 1.54) is 11.6 Å². The Kier molecular flexibility index (Phi) is 4.02. The molecule has 1 aromatic heterocycles. The summed E-state index contributed by atoms with van der Waals surface area (Å²) in [6.45, 7) is 3.64. The molecule has 0 bridgehead atoms. The molecule has 130 valence electrons. The minimum atomic E-state index is -0.782. The van der Waals surface area contributed by atoms with Gasteiger partial charge >= 0.3 is 0 Å². The minimum Gasteiger partial charge on any atom is -0.452 e. The summed E-state index contributed by atoms with van der Waals surface area (Å²) >= 11 is 0. The largest absolute Gasteiger partial charge is 0.452 e. The Hall–Kier alpha value is -2.69. The number of ether oxygens (including phenoxy) is 2. The maximum Gasteiger partial charge on any atom is 0.246 e. The zero-order valence-electron chi connectivity index (χ0n) is 14.9. The average Bonchev–Trinajstić information content (AvgIpc) is 2.94. The highest BCUT2D eigenvalue weighted by Crippen LogP contribution is 2.44. The van der Waals surface area contributed by atoms with Gasteiger partial charge in [-0.1, -0.05) is 37.0 Å². The fraction of sp³-hybridized carbons (Fsp3) is 0.286. The van der Waals surface area contributed by atoms with E-state index in [1.54, 1.807) is 12.1 Å². The lowest BCUT2D eigenvalue weighted by Gasteiger charge is -2.16. The summed E-state index contributed by atoms with van der Waals surface area (Å²) in [5.41, 5.74) is 2.37. The van der Waals surface area contributed by atoms with E-state index < -0.39 is 5.79 Å². The van der Waals surface area contributed by atoms with Crippen LogP contribution in [-0.2, 0) is 6.42 Å². The predicted molar refractivity (Wildman–Crippen MR) is 102 cm³/mol. The van der Waals surface area contributed by atoms with Crippen LogP contribution in [0.3, 0.4) is 0 Å². The van der Waals surface area contributed by atoms with Crippen LogP contribution in [-0.4, -0.2) is 13.6 Å². The van der Waals surface area contributed by atoms with Gasteiger partial charge in [-0.05, 0) is 24.1 Å². The number of aryl methyl sites for hydroxylation is 1. The normalized spacial score (nSPS) is 14.7. The van der Waals surface area contributed by atoms with Gasteiger partial charge in [-0.2, -0.15) is 0 Å². The van der Waals surface area contributed by atoms with Crippen LogP contribution in [0.15, 0.2) is 51.7 Å². The number of benzene rings is 2. The van der Waals surface area contributed by atoms with Crippen LogP contribution in [0.2, 0.25) is 6.32 Å². The van der Waals surface area contributed by atoms with Crippen LogP contribution >= 0.6 is 0 Å². The molecule has 26 heavy (non-hydrogen) atoms. The molecule has 0 amide bonds. The Bertz CT molecular complexity index is 1020. The van der Waals surface area contributed by atoms with Crippen LogP contribution < -0.4 is 14.9 Å². The van der Waals surface area contributed by atoms with E-state index in [-0.39, 0.29) is 5.43 Å². The van der Waals surface area contributed by atoms with Gasteiger partial charge in [0, 0.05) is 25.5 Å². The lowest BCUT2D eigenvalue weighted by atomic mass is 9.97. The van der Waals surface area contributed by atoms with Gasteiger partial charge in [0.15, 0.2) is 16.8 Å². The Morgan fingerprint density at radius 2 is 1.81 bits per heavy atom. The number of rotatable bonds is 4. The van der Waals surface area contributed by atoms with E-state index in [1.807, 2.05) is 38.1 Å². The average molecular weight is 346 g/mol. The molecule has 0 atom stereocenters. The summed E-state index contributed by atoms with van der Waals surface area (Å²) in [6, 6.07) is 13.0. The zero-order chi connectivity index (χ0) is 18.3. The first kappa shape index (κ1) is 16.8. The number of hydrogen-bond donors (Lipinski definition) is 0. The highest BCUT2D eigenvalue weighted by atomic mass is 16.7. The third-order valence-electron chi connectivity index (χ3n) is 4.43. The third kappa shape index (κ3) is 2.98. The smallest absolute Gasteiger partial charge is 0.246 e. The van der Waals surface area contributed by atoms with Gasteiger partial charge in [-0.25, -0.2) is 0 Å². The first-order chi connectivity index (χ1) is 12.5. The zero-order valence-corrected chi connectivity index (χ0v) is 14.9. The Balaban J connectivity index is 1.79. The van der Waals surface area contributed by atoms with Crippen molar-refractivity contribution in [3.05, 3.63) is 58.3 Å². The molecule has 2 aromatic carbocycles. The van der Waals surface area contributed by atoms with Crippen molar-refractivity contribution in [2.24, 2.45) is 0 Å². The van der Waals surface area contributed by atoms with Crippen molar-refractivity contribution in [2.75, 3.05) is 0 Å². The van der Waals surface area contributed by atoms with Crippen molar-refractivity contribution in [2.45, 2.75) is 38.8 Å². The van der Waals surface area contributed by atoms with Crippen LogP contribution in [0.5, 0.6) is 11.5 Å². The predicted octanol–water partition coefficient (Wildman–Crippen LogP) is 4.49. The maximum absolute atomic E-state index is 12.6. The molecule has 0 spiro atoms. The van der Waals surface area contributed by atoms with Crippen molar-refractivity contribution in [1.82, 2.24) is 0 Å². The highest BCUT2D eigenvalue weighted by molar-refractivity contribution is 6.08. The van der Waals surface area contributed by atoms with Crippen LogP contribution in [0.25, 0.3) is 22.3 Å². The Morgan fingerprint density at radius 3 is 2.54 bits per heavy atom. The van der Waals surface area contributed by atoms with E-state index in [4.69, 9.17) is 21.7 Å². The first-order valence-electron chi connectivity index (χ1n) is 8.75. The number of fused-ring (bicyclic) bond motifs is 3. The molecule has 1 aliphatic rings. The van der Waals surface area contributed by atoms with E-state index in [9.17, 15) is 4.79 Å². The van der Waals surface area contributed by atoms with Gasteiger partial charge in [0.25, 0.3) is 0 Å². The van der Waals surface area contributed by atoms with E-state index in [2.05, 4.69) is 0 Å². The second-order valence-corrected chi connectivity index (χ2v) is 6.94. The third-order valence-corrected chi connectivity index (χ3v) is 4.43. The SMILES string of the molecule is [B]CCCc1ccc(-c2cc(=O)c3ccc4c(c3o2)OC(C)(C)O4)cc1. The van der Waals surface area contributed by atoms with Crippen LogP contribution in [0.4, 0.5) is 0 Å². The van der Waals surface area contributed by atoms with E-state index in [0.29, 0.717) is 34.5 Å². The second kappa shape index (κ2) is 6.24. The molecule has 2 radical (unpaired) electrons. The van der Waals surface area contributed by atoms with Crippen molar-refractivity contribution in [1.29, 1.82) is 0 Å². The van der Waals surface area contributed by atoms with Crippen LogP contribution in [0.1, 0.15) is 25.8 Å². The summed E-state index contributed by atoms with van der Waals surface area (Å²) in [5, 5.41) is 0.480. The standard InChI is InChI=1S/C21H19BO4/c1-21(2)25-17-10-9-15-16(23)12-18(24-19(15)20(17)26-21)14-7-5-13(6-8-14)4-3-11-22/h5-10,12H,3-4,11H2,1-2H3. The molecule has 4 nitrogen and oxygen atoms in total. The Labute approximate surface area is 153 Å². The first-order valence-corrected chi connectivity index (χ1v) is 8.75. The quantitative estimate of drug-likeness (QED) is 0.653. The fourth-order valence-corrected chi connectivity index (χ4v) is 3.17. The molecule has 0 fully saturated rings. The lowest BCUT2D eigenvalue weighted by Crippen LogP contribution is -2.29. The monoisotopic (exact) mass is 346 g/mol. The van der Waals surface area contributed by atoms with Crippen LogP contribution in [0, 0.1) is 0 Å². The summed E-state index contributed by atoms with van der Waals surface area (Å²) in [4.78, 5) is 12.6. The van der Waals surface area contributed by atoms with E-state index in [0.717, 1.165) is 18.4 Å². The van der Waals surface area contributed by atoms with Crippen molar-refractivity contribution in [3.8, 4) is 22.8 Å². The van der Waals surface area contributed by atoms with Gasteiger partial charge in [0.2, 0.25) is 11.5 Å². The minimum absolute atomic E-state index is 0.107. The van der Waals surface area contributed by atoms with Crippen molar-refractivity contribution < 1.29 is 13.9 Å². The van der Waals surface area contributed by atoms with Gasteiger partial charge in [0.1, 0.15) is 5.76 Å². The molecule has 4 rings (SSSR count). The molecular formula is C21H19BO4. The molecule has 0 unspecified atom stereocenters. The maximum atomic E-state index is 12.6. The molecule has 0 saturated carbocycles. The molecular weight excluding hydrogens is 327 g/mol. The van der Waals surface area contributed by atoms with Gasteiger partial charge < -0.3 is 13.9 Å². The molecule has 1 aliphatic heterocycles. The van der Waals surface area contributed by atoms with Gasteiger partial charge in [0.05, 0.1) is 13.2 Å². The van der Waals surface area contributed by atoms with E-state index >= 15 is 0 Å². The van der Waals surface area contributed by atoms with Gasteiger partial charge in [-0.3, -0.25) is 4.79 Å². The summed E-state index contributed by atoms with van der Waals surface area (Å²) in [7, 11) is 5.56. The highest BCUT2D eigenvalue weighted by Gasteiger charge is 2.34. The summed E-state index contributed by atoms with van der Waals surface area (Å²) in [6.07, 6.45) is 2.56. The molecule has 3 aromatic rings. The number of hydrogen-bond acceptors (Lipinski definition) is 4. The lowest BCUT2D eigenvalue weighted by molar-refractivity contribution is -0.0429. The van der Waals surface area contributed by atoms with Crippen molar-refractivity contribution >= 4 is 18.8 Å². The molecule has 5 heteroatoms. The summed E-state index contributed by atoms with van der Waals surface area (Å²) < 4.78 is 17.7. The van der Waals surface area contributed by atoms with Gasteiger partial charge in [-0.15, -0.1) is 0 Å². The second-order valence-electron chi connectivity index (χ2n) is 6.94. The van der Waals surface area contributed by atoms with Crippen molar-refractivity contribution in [3.63, 3.8) is 0 Å². The topological polar surface area (TPSA) is 48.7 Å². The molecule has 0 aliphatic carbocycles. The molecule has 2 heterocycles. The Morgan fingerprint density at radius 1 is 1.04 bits per heavy atom.